The Hall–Kier alpha value is -2.50. The van der Waals surface area contributed by atoms with Crippen molar-refractivity contribution in [3.05, 3.63) is 60.0 Å². The van der Waals surface area contributed by atoms with Gasteiger partial charge in [-0.2, -0.15) is 8.78 Å². The lowest BCUT2D eigenvalue weighted by Crippen LogP contribution is -2.39. The molecule has 0 spiro atoms. The van der Waals surface area contributed by atoms with Crippen molar-refractivity contribution in [3.8, 4) is 5.75 Å². The van der Waals surface area contributed by atoms with Crippen LogP contribution in [0.25, 0.3) is 5.65 Å². The maximum absolute atomic E-state index is 12.2. The molecule has 0 atom stereocenters. The van der Waals surface area contributed by atoms with Gasteiger partial charge >= 0.3 is 6.61 Å². The normalized spacial score (nSPS) is 11.4. The SMILES string of the molecule is CN=C(NCCCc1nnc2ccccn12)N(C)Cc1ccc(OC(F)F)cc1.I. The van der Waals surface area contributed by atoms with Crippen LogP contribution in [0.2, 0.25) is 0 Å². The number of benzene rings is 1. The molecule has 0 aliphatic carbocycles. The van der Waals surface area contributed by atoms with Crippen LogP contribution in [0, 0.1) is 0 Å². The fourth-order valence-corrected chi connectivity index (χ4v) is 3.02. The van der Waals surface area contributed by atoms with Crippen LogP contribution in [0.15, 0.2) is 53.7 Å². The summed E-state index contributed by atoms with van der Waals surface area (Å²) in [4.78, 5) is 6.27. The minimum Gasteiger partial charge on any atom is -0.435 e. The smallest absolute Gasteiger partial charge is 0.387 e. The van der Waals surface area contributed by atoms with Crippen molar-refractivity contribution >= 4 is 35.6 Å². The molecule has 0 saturated carbocycles. The monoisotopic (exact) mass is 530 g/mol. The quantitative estimate of drug-likeness (QED) is 0.209. The zero-order chi connectivity index (χ0) is 20.6. The third-order valence-corrected chi connectivity index (χ3v) is 4.39. The van der Waals surface area contributed by atoms with Gasteiger partial charge in [-0.3, -0.25) is 9.39 Å². The summed E-state index contributed by atoms with van der Waals surface area (Å²) < 4.78 is 30.8. The molecule has 1 N–H and O–H groups in total. The Bertz CT molecular complexity index is 948. The summed E-state index contributed by atoms with van der Waals surface area (Å²) in [5.74, 6) is 1.83. The number of fused-ring (bicyclic) bond motifs is 1. The van der Waals surface area contributed by atoms with Gasteiger partial charge in [-0.05, 0) is 36.2 Å². The zero-order valence-corrected chi connectivity index (χ0v) is 19.2. The van der Waals surface area contributed by atoms with Crippen molar-refractivity contribution < 1.29 is 13.5 Å². The number of hydrogen-bond acceptors (Lipinski definition) is 4. The predicted molar refractivity (Wildman–Crippen MR) is 123 cm³/mol. The van der Waals surface area contributed by atoms with Gasteiger partial charge in [0.2, 0.25) is 0 Å². The van der Waals surface area contributed by atoms with E-state index in [1.165, 1.54) is 12.1 Å². The lowest BCUT2D eigenvalue weighted by atomic mass is 10.2. The van der Waals surface area contributed by atoms with Crippen LogP contribution < -0.4 is 10.1 Å². The third kappa shape index (κ3) is 6.51. The number of nitrogens with one attached hydrogen (secondary N) is 1. The zero-order valence-electron chi connectivity index (χ0n) is 16.8. The number of aromatic nitrogens is 3. The average Bonchev–Trinajstić information content (AvgIpc) is 3.12. The maximum Gasteiger partial charge on any atom is 0.387 e. The highest BCUT2D eigenvalue weighted by molar-refractivity contribution is 14.0. The summed E-state index contributed by atoms with van der Waals surface area (Å²) in [7, 11) is 3.65. The van der Waals surface area contributed by atoms with Crippen molar-refractivity contribution in [1.82, 2.24) is 24.8 Å². The molecule has 1 aromatic carbocycles. The van der Waals surface area contributed by atoms with Crippen molar-refractivity contribution in [2.24, 2.45) is 4.99 Å². The van der Waals surface area contributed by atoms with E-state index in [1.54, 1.807) is 19.2 Å². The fourth-order valence-electron chi connectivity index (χ4n) is 3.02. The molecule has 0 aliphatic rings. The van der Waals surface area contributed by atoms with Crippen molar-refractivity contribution in [2.45, 2.75) is 26.0 Å². The molecule has 0 aliphatic heterocycles. The summed E-state index contributed by atoms with van der Waals surface area (Å²) >= 11 is 0. The van der Waals surface area contributed by atoms with Gasteiger partial charge in [0.15, 0.2) is 11.6 Å². The fraction of sp³-hybridized carbons (Fsp3) is 0.350. The minimum atomic E-state index is -2.82. The number of aryl methyl sites for hydroxylation is 1. The molecule has 30 heavy (non-hydrogen) atoms. The summed E-state index contributed by atoms with van der Waals surface area (Å²) in [6.07, 6.45) is 3.63. The van der Waals surface area contributed by atoms with E-state index in [9.17, 15) is 8.78 Å². The molecule has 10 heteroatoms. The van der Waals surface area contributed by atoms with E-state index in [1.807, 2.05) is 40.7 Å². The lowest BCUT2D eigenvalue weighted by molar-refractivity contribution is -0.0498. The van der Waals surface area contributed by atoms with Crippen LogP contribution in [0.3, 0.4) is 0 Å². The van der Waals surface area contributed by atoms with Gasteiger partial charge in [0.25, 0.3) is 0 Å². The number of halogens is 3. The van der Waals surface area contributed by atoms with Crippen LogP contribution in [0.5, 0.6) is 5.75 Å². The van der Waals surface area contributed by atoms with Gasteiger partial charge in [0.1, 0.15) is 11.6 Å². The third-order valence-electron chi connectivity index (χ3n) is 4.39. The highest BCUT2D eigenvalue weighted by Crippen LogP contribution is 2.15. The first-order valence-corrected chi connectivity index (χ1v) is 9.31. The second kappa shape index (κ2) is 11.6. The lowest BCUT2D eigenvalue weighted by Gasteiger charge is -2.22. The number of hydrogen-bond donors (Lipinski definition) is 1. The van der Waals surface area contributed by atoms with Crippen molar-refractivity contribution in [1.29, 1.82) is 0 Å². The van der Waals surface area contributed by atoms with E-state index in [0.717, 1.165) is 42.4 Å². The standard InChI is InChI=1S/C20H24F2N6O.HI/c1-23-20(27(2)14-15-8-10-16(11-9-15)29-19(21)22)24-12-5-7-18-26-25-17-6-3-4-13-28(17)18;/h3-4,6,8-11,13,19H,5,7,12,14H2,1-2H3,(H,23,24);1H. The van der Waals surface area contributed by atoms with E-state index in [-0.39, 0.29) is 29.7 Å². The number of aliphatic imine (C=N–C) groups is 1. The molecule has 0 saturated heterocycles. The summed E-state index contributed by atoms with van der Waals surface area (Å²) in [6.45, 7) is -1.49. The van der Waals surface area contributed by atoms with Gasteiger partial charge in [-0.25, -0.2) is 0 Å². The molecule has 2 heterocycles. The minimum absolute atomic E-state index is 0. The van der Waals surface area contributed by atoms with Crippen molar-refractivity contribution in [3.63, 3.8) is 0 Å². The average molecular weight is 530 g/mol. The number of rotatable bonds is 8. The number of nitrogens with zero attached hydrogens (tertiary/aromatic N) is 5. The molecule has 0 fully saturated rings. The van der Waals surface area contributed by atoms with Gasteiger partial charge < -0.3 is 15.0 Å². The molecule has 0 amide bonds. The molecule has 0 bridgehead atoms. The second-order valence-electron chi connectivity index (χ2n) is 6.50. The van der Waals surface area contributed by atoms with Crippen LogP contribution in [0.1, 0.15) is 17.8 Å². The highest BCUT2D eigenvalue weighted by atomic mass is 127. The van der Waals surface area contributed by atoms with Gasteiger partial charge in [0.05, 0.1) is 0 Å². The Labute approximate surface area is 191 Å². The number of pyridine rings is 1. The molecule has 2 aromatic heterocycles. The first-order chi connectivity index (χ1) is 14.1. The largest absolute Gasteiger partial charge is 0.435 e. The van der Waals surface area contributed by atoms with Gasteiger partial charge in [-0.1, -0.05) is 18.2 Å². The summed E-state index contributed by atoms with van der Waals surface area (Å²) in [6, 6.07) is 12.4. The molecule has 162 valence electrons. The molecule has 0 unspecified atom stereocenters. The topological polar surface area (TPSA) is 67.0 Å². The Morgan fingerprint density at radius 2 is 1.97 bits per heavy atom. The maximum atomic E-state index is 12.2. The van der Waals surface area contributed by atoms with E-state index in [4.69, 9.17) is 0 Å². The molecular weight excluding hydrogens is 505 g/mol. The molecule has 7 nitrogen and oxygen atoms in total. The molecule has 3 aromatic rings. The van der Waals surface area contributed by atoms with Crippen LogP contribution in [-0.4, -0.2) is 52.7 Å². The van der Waals surface area contributed by atoms with Crippen molar-refractivity contribution in [2.75, 3.05) is 20.6 Å². The number of alkyl halides is 2. The summed E-state index contributed by atoms with van der Waals surface area (Å²) in [5, 5.41) is 11.7. The Morgan fingerprint density at radius 1 is 1.20 bits per heavy atom. The molecule has 0 radical (unpaired) electrons. The first-order valence-electron chi connectivity index (χ1n) is 9.31. The van der Waals surface area contributed by atoms with E-state index < -0.39 is 6.61 Å². The Kier molecular flexibility index (Phi) is 9.21. The van der Waals surface area contributed by atoms with Gasteiger partial charge in [-0.15, -0.1) is 34.2 Å². The highest BCUT2D eigenvalue weighted by Gasteiger charge is 2.09. The number of ether oxygens (including phenoxy) is 1. The molecule has 3 rings (SSSR count). The first kappa shape index (κ1) is 23.8. The van der Waals surface area contributed by atoms with Crippen LogP contribution in [0.4, 0.5) is 8.78 Å². The second-order valence-corrected chi connectivity index (χ2v) is 6.50. The number of guanidine groups is 1. The van der Waals surface area contributed by atoms with Crippen LogP contribution >= 0.6 is 24.0 Å². The summed E-state index contributed by atoms with van der Waals surface area (Å²) in [5.41, 5.74) is 1.81. The van der Waals surface area contributed by atoms with E-state index in [0.29, 0.717) is 6.54 Å². The Balaban J connectivity index is 0.00000320. The molecular formula is C20H25F2IN6O. The van der Waals surface area contributed by atoms with E-state index in [2.05, 4.69) is 25.2 Å². The predicted octanol–water partition coefficient (Wildman–Crippen LogP) is 3.59. The van der Waals surface area contributed by atoms with E-state index >= 15 is 0 Å². The van der Waals surface area contributed by atoms with Crippen LogP contribution in [-0.2, 0) is 13.0 Å². The Morgan fingerprint density at radius 3 is 2.67 bits per heavy atom. The van der Waals surface area contributed by atoms with Gasteiger partial charge in [0, 0.05) is 39.8 Å².